The van der Waals surface area contributed by atoms with E-state index in [1.807, 2.05) is 12.1 Å². The third-order valence-electron chi connectivity index (χ3n) is 3.08. The van der Waals surface area contributed by atoms with E-state index in [1.54, 1.807) is 19.2 Å². The molecule has 19 heavy (non-hydrogen) atoms. The van der Waals surface area contributed by atoms with Crippen molar-refractivity contribution in [3.63, 3.8) is 0 Å². The van der Waals surface area contributed by atoms with E-state index in [-0.39, 0.29) is 11.5 Å². The molecule has 106 valence electrons. The summed E-state index contributed by atoms with van der Waals surface area (Å²) in [4.78, 5) is 0. The van der Waals surface area contributed by atoms with Gasteiger partial charge in [0.05, 0.1) is 18.1 Å². The smallest absolute Gasteiger partial charge is 0.156 e. The molecule has 2 rings (SSSR count). The lowest BCUT2D eigenvalue weighted by Gasteiger charge is -2.15. The van der Waals surface area contributed by atoms with Gasteiger partial charge < -0.3 is 14.6 Å². The summed E-state index contributed by atoms with van der Waals surface area (Å²) in [7, 11) is -1.52. The maximum atomic E-state index is 11.4. The van der Waals surface area contributed by atoms with Gasteiger partial charge in [0.25, 0.3) is 0 Å². The minimum absolute atomic E-state index is 0.125. The Morgan fingerprint density at radius 1 is 1.26 bits per heavy atom. The van der Waals surface area contributed by atoms with Crippen molar-refractivity contribution in [2.75, 3.05) is 25.2 Å². The van der Waals surface area contributed by atoms with Crippen LogP contribution in [-0.2, 0) is 21.0 Å². The zero-order chi connectivity index (χ0) is 13.9. The van der Waals surface area contributed by atoms with Crippen molar-refractivity contribution in [1.29, 1.82) is 0 Å². The molecule has 0 bridgehead atoms. The normalized spacial score (nSPS) is 25.4. The summed E-state index contributed by atoms with van der Waals surface area (Å²) in [5, 5.41) is 9.64. The molecule has 2 unspecified atom stereocenters. The zero-order valence-electron chi connectivity index (χ0n) is 10.8. The monoisotopic (exact) mass is 286 g/mol. The highest BCUT2D eigenvalue weighted by Crippen LogP contribution is 2.20. The standard InChI is InChI=1S/C13H18O5S/c1-17-7-6-10-2-4-11(5-3-10)18-13-9-19(15,16)8-12(13)14/h2-5,12-14H,6-9H2,1H3. The molecule has 0 aliphatic carbocycles. The van der Waals surface area contributed by atoms with Crippen molar-refractivity contribution < 1.29 is 23.0 Å². The molecule has 1 heterocycles. The summed E-state index contributed by atoms with van der Waals surface area (Å²) in [6, 6.07) is 7.37. The first-order valence-corrected chi connectivity index (χ1v) is 7.95. The van der Waals surface area contributed by atoms with E-state index in [9.17, 15) is 13.5 Å². The van der Waals surface area contributed by atoms with Gasteiger partial charge in [0, 0.05) is 7.11 Å². The van der Waals surface area contributed by atoms with Crippen molar-refractivity contribution in [3.05, 3.63) is 29.8 Å². The van der Waals surface area contributed by atoms with Crippen LogP contribution in [0.25, 0.3) is 0 Å². The van der Waals surface area contributed by atoms with E-state index >= 15 is 0 Å². The Labute approximate surface area is 113 Å². The van der Waals surface area contributed by atoms with E-state index in [2.05, 4.69) is 0 Å². The van der Waals surface area contributed by atoms with Crippen LogP contribution in [0.1, 0.15) is 5.56 Å². The molecule has 1 fully saturated rings. The topological polar surface area (TPSA) is 72.8 Å². The number of aliphatic hydroxyl groups is 1. The fourth-order valence-corrected chi connectivity index (χ4v) is 3.70. The largest absolute Gasteiger partial charge is 0.487 e. The van der Waals surface area contributed by atoms with Crippen LogP contribution < -0.4 is 4.74 Å². The molecule has 0 spiro atoms. The molecule has 6 heteroatoms. The van der Waals surface area contributed by atoms with E-state index in [0.717, 1.165) is 12.0 Å². The summed E-state index contributed by atoms with van der Waals surface area (Å²) >= 11 is 0. The highest BCUT2D eigenvalue weighted by atomic mass is 32.2. The van der Waals surface area contributed by atoms with Crippen LogP contribution in [0.2, 0.25) is 0 Å². The second-order valence-corrected chi connectivity index (χ2v) is 6.84. The average Bonchev–Trinajstić information content (AvgIpc) is 2.61. The molecule has 0 saturated carbocycles. The van der Waals surface area contributed by atoms with Gasteiger partial charge in [0.15, 0.2) is 9.84 Å². The molecule has 1 aliphatic rings. The molecule has 0 aromatic heterocycles. The molecule has 2 atom stereocenters. The van der Waals surface area contributed by atoms with Crippen LogP contribution in [0.3, 0.4) is 0 Å². The third-order valence-corrected chi connectivity index (χ3v) is 4.76. The number of aliphatic hydroxyl groups excluding tert-OH is 1. The number of benzene rings is 1. The van der Waals surface area contributed by atoms with Gasteiger partial charge in [-0.05, 0) is 24.1 Å². The van der Waals surface area contributed by atoms with Crippen molar-refractivity contribution >= 4 is 9.84 Å². The Bertz CT molecular complexity index is 508. The molecular formula is C13H18O5S. The Balaban J connectivity index is 1.96. The number of hydrogen-bond acceptors (Lipinski definition) is 5. The predicted octanol–water partition coefficient (Wildman–Crippen LogP) is 0.412. The molecule has 1 saturated heterocycles. The lowest BCUT2D eigenvalue weighted by atomic mass is 10.1. The summed E-state index contributed by atoms with van der Waals surface area (Å²) in [5.41, 5.74) is 1.12. The quantitative estimate of drug-likeness (QED) is 0.849. The Morgan fingerprint density at radius 3 is 2.47 bits per heavy atom. The molecule has 5 nitrogen and oxygen atoms in total. The van der Waals surface area contributed by atoms with Gasteiger partial charge in [-0.2, -0.15) is 0 Å². The zero-order valence-corrected chi connectivity index (χ0v) is 11.6. The first kappa shape index (κ1) is 14.3. The number of hydrogen-bond donors (Lipinski definition) is 1. The Kier molecular flexibility index (Phi) is 4.44. The fourth-order valence-electron chi connectivity index (χ4n) is 2.04. The highest BCUT2D eigenvalue weighted by Gasteiger charge is 2.38. The van der Waals surface area contributed by atoms with Crippen molar-refractivity contribution in [1.82, 2.24) is 0 Å². The van der Waals surface area contributed by atoms with Crippen LogP contribution in [0.15, 0.2) is 24.3 Å². The summed E-state index contributed by atoms with van der Waals surface area (Å²) in [5.74, 6) is 0.228. The number of sulfone groups is 1. The van der Waals surface area contributed by atoms with Gasteiger partial charge in [0.1, 0.15) is 18.0 Å². The predicted molar refractivity (Wildman–Crippen MR) is 71.1 cm³/mol. The molecular weight excluding hydrogens is 268 g/mol. The second kappa shape index (κ2) is 5.90. The lowest BCUT2D eigenvalue weighted by molar-refractivity contribution is 0.0738. The van der Waals surface area contributed by atoms with Crippen molar-refractivity contribution in [3.8, 4) is 5.75 Å². The van der Waals surface area contributed by atoms with E-state index < -0.39 is 22.0 Å². The third kappa shape index (κ3) is 3.92. The average molecular weight is 286 g/mol. The van der Waals surface area contributed by atoms with Crippen LogP contribution in [0.4, 0.5) is 0 Å². The maximum absolute atomic E-state index is 11.4. The van der Waals surface area contributed by atoms with Gasteiger partial charge in [-0.1, -0.05) is 12.1 Å². The fraction of sp³-hybridized carbons (Fsp3) is 0.538. The van der Waals surface area contributed by atoms with E-state index in [1.165, 1.54) is 0 Å². The molecule has 1 aromatic carbocycles. The molecule has 1 aromatic rings. The highest BCUT2D eigenvalue weighted by molar-refractivity contribution is 7.91. The lowest BCUT2D eigenvalue weighted by Crippen LogP contribution is -2.29. The summed E-state index contributed by atoms with van der Waals surface area (Å²) < 4.78 is 33.2. The minimum atomic E-state index is -3.18. The van der Waals surface area contributed by atoms with Gasteiger partial charge in [-0.15, -0.1) is 0 Å². The number of ether oxygens (including phenoxy) is 2. The number of methoxy groups -OCH3 is 1. The summed E-state index contributed by atoms with van der Waals surface area (Å²) in [6.07, 6.45) is -0.801. The second-order valence-electron chi connectivity index (χ2n) is 4.69. The van der Waals surface area contributed by atoms with Crippen molar-refractivity contribution in [2.45, 2.75) is 18.6 Å². The van der Waals surface area contributed by atoms with Crippen molar-refractivity contribution in [2.24, 2.45) is 0 Å². The Hall–Kier alpha value is -1.11. The molecule has 0 radical (unpaired) electrons. The van der Waals surface area contributed by atoms with Gasteiger partial charge in [0.2, 0.25) is 0 Å². The van der Waals surface area contributed by atoms with Gasteiger partial charge >= 0.3 is 0 Å². The summed E-state index contributed by atoms with van der Waals surface area (Å²) in [6.45, 7) is 0.653. The molecule has 1 N–H and O–H groups in total. The first-order valence-electron chi connectivity index (χ1n) is 6.13. The van der Waals surface area contributed by atoms with E-state index in [4.69, 9.17) is 9.47 Å². The van der Waals surface area contributed by atoms with Gasteiger partial charge in [-0.3, -0.25) is 0 Å². The first-order chi connectivity index (χ1) is 9.00. The number of rotatable bonds is 5. The van der Waals surface area contributed by atoms with Crippen LogP contribution in [0.5, 0.6) is 5.75 Å². The SMILES string of the molecule is COCCc1ccc(OC2CS(=O)(=O)CC2O)cc1. The van der Waals surface area contributed by atoms with Gasteiger partial charge in [-0.25, -0.2) is 8.42 Å². The van der Waals surface area contributed by atoms with Crippen LogP contribution >= 0.6 is 0 Å². The van der Waals surface area contributed by atoms with E-state index in [0.29, 0.717) is 12.4 Å². The van der Waals surface area contributed by atoms with Crippen LogP contribution in [0, 0.1) is 0 Å². The Morgan fingerprint density at radius 2 is 1.95 bits per heavy atom. The minimum Gasteiger partial charge on any atom is -0.487 e. The molecule has 0 amide bonds. The van der Waals surface area contributed by atoms with Crippen LogP contribution in [-0.4, -0.2) is 51.0 Å². The maximum Gasteiger partial charge on any atom is 0.156 e. The molecule has 1 aliphatic heterocycles.